The van der Waals surface area contributed by atoms with Gasteiger partial charge >= 0.3 is 5.97 Å². The van der Waals surface area contributed by atoms with E-state index in [0.29, 0.717) is 11.8 Å². The number of carbonyl (C=O) groups excluding carboxylic acids is 1. The molecule has 1 saturated carbocycles. The average molecular weight is 309 g/mol. The van der Waals surface area contributed by atoms with Gasteiger partial charge in [-0.3, -0.25) is 9.78 Å². The van der Waals surface area contributed by atoms with Crippen LogP contribution in [0.25, 0.3) is 6.08 Å². The van der Waals surface area contributed by atoms with Crippen molar-refractivity contribution in [3.63, 3.8) is 0 Å². The Kier molecular flexibility index (Phi) is 3.80. The van der Waals surface area contributed by atoms with Gasteiger partial charge in [0.15, 0.2) is 0 Å². The van der Waals surface area contributed by atoms with E-state index in [-0.39, 0.29) is 23.9 Å². The van der Waals surface area contributed by atoms with Crippen LogP contribution in [0.2, 0.25) is 0 Å². The van der Waals surface area contributed by atoms with E-state index in [1.165, 1.54) is 24.8 Å². The Morgan fingerprint density at radius 2 is 2.22 bits per heavy atom. The lowest BCUT2D eigenvalue weighted by Gasteiger charge is -2.40. The molecule has 1 aliphatic heterocycles. The van der Waals surface area contributed by atoms with Crippen LogP contribution in [-0.4, -0.2) is 17.1 Å². The van der Waals surface area contributed by atoms with Crippen molar-refractivity contribution in [2.24, 2.45) is 23.7 Å². The summed E-state index contributed by atoms with van der Waals surface area (Å²) in [5, 5.41) is 0. The Bertz CT molecular complexity index is 649. The third-order valence-corrected chi connectivity index (χ3v) is 5.72. The van der Waals surface area contributed by atoms with Crippen molar-refractivity contribution >= 4 is 12.0 Å². The highest BCUT2D eigenvalue weighted by molar-refractivity contribution is 5.78. The number of hydrogen-bond acceptors (Lipinski definition) is 3. The molecule has 4 rings (SSSR count). The summed E-state index contributed by atoms with van der Waals surface area (Å²) >= 11 is 0. The number of rotatable bonds is 2. The highest BCUT2D eigenvalue weighted by Gasteiger charge is 2.50. The van der Waals surface area contributed by atoms with Crippen LogP contribution < -0.4 is 0 Å². The maximum atomic E-state index is 12.2. The molecule has 3 aliphatic rings. The van der Waals surface area contributed by atoms with E-state index in [9.17, 15) is 4.79 Å². The lowest BCUT2D eigenvalue weighted by molar-refractivity contribution is -0.142. The molecule has 1 aromatic rings. The molecule has 120 valence electrons. The van der Waals surface area contributed by atoms with Crippen molar-refractivity contribution in [2.75, 3.05) is 0 Å². The zero-order valence-electron chi connectivity index (χ0n) is 13.5. The van der Waals surface area contributed by atoms with E-state index < -0.39 is 0 Å². The minimum Gasteiger partial charge on any atom is -0.462 e. The van der Waals surface area contributed by atoms with Crippen molar-refractivity contribution < 1.29 is 9.53 Å². The number of nitrogens with zero attached hydrogens (tertiary/aromatic N) is 1. The van der Waals surface area contributed by atoms with E-state index in [1.807, 2.05) is 31.3 Å². The molecule has 23 heavy (non-hydrogen) atoms. The first-order valence-corrected chi connectivity index (χ1v) is 8.74. The normalized spacial score (nSPS) is 36.3. The lowest BCUT2D eigenvalue weighted by Crippen LogP contribution is -2.37. The standard InChI is InChI=1S/C20H23NO2/c1-13-19-17(10-9-15-7-4-5-11-21-15)16-8-3-2-6-14(16)12-18(19)20(22)23-13/h4-5,7,9-13,16-19H,2-3,6,8H2,1H3/b10-9+/t13-,16?,17?,18-,19+/m1/s1. The molecular weight excluding hydrogens is 286 g/mol. The Morgan fingerprint density at radius 1 is 1.30 bits per heavy atom. The van der Waals surface area contributed by atoms with E-state index in [2.05, 4.69) is 23.2 Å². The molecule has 3 heteroatoms. The van der Waals surface area contributed by atoms with Crippen molar-refractivity contribution in [3.05, 3.63) is 47.8 Å². The molecule has 1 aromatic heterocycles. The lowest BCUT2D eigenvalue weighted by atomic mass is 9.62. The molecule has 0 spiro atoms. The van der Waals surface area contributed by atoms with Crippen molar-refractivity contribution in [1.82, 2.24) is 4.98 Å². The summed E-state index contributed by atoms with van der Waals surface area (Å²) in [5.41, 5.74) is 2.47. The van der Waals surface area contributed by atoms with Gasteiger partial charge < -0.3 is 4.74 Å². The molecular formula is C20H23NO2. The zero-order chi connectivity index (χ0) is 15.8. The first-order chi connectivity index (χ1) is 11.2. The molecule has 0 N–H and O–H groups in total. The molecule has 0 amide bonds. The summed E-state index contributed by atoms with van der Waals surface area (Å²) in [7, 11) is 0. The monoisotopic (exact) mass is 309 g/mol. The van der Waals surface area contributed by atoms with Crippen LogP contribution in [-0.2, 0) is 9.53 Å². The van der Waals surface area contributed by atoms with Crippen LogP contribution in [0.5, 0.6) is 0 Å². The summed E-state index contributed by atoms with van der Waals surface area (Å²) < 4.78 is 5.56. The zero-order valence-corrected chi connectivity index (χ0v) is 13.5. The largest absolute Gasteiger partial charge is 0.462 e. The second kappa shape index (κ2) is 5.95. The number of ether oxygens (including phenoxy) is 1. The number of hydrogen-bond donors (Lipinski definition) is 0. The van der Waals surface area contributed by atoms with Crippen LogP contribution >= 0.6 is 0 Å². The Balaban J connectivity index is 1.68. The van der Waals surface area contributed by atoms with Gasteiger partial charge in [-0.05, 0) is 56.2 Å². The molecule has 2 unspecified atom stereocenters. The number of carbonyl (C=O) groups is 1. The van der Waals surface area contributed by atoms with Crippen LogP contribution in [0.15, 0.2) is 42.1 Å². The molecule has 0 aromatic carbocycles. The Morgan fingerprint density at radius 3 is 3.04 bits per heavy atom. The number of cyclic esters (lactones) is 1. The van der Waals surface area contributed by atoms with Gasteiger partial charge in [0, 0.05) is 12.1 Å². The number of fused-ring (bicyclic) bond motifs is 2. The van der Waals surface area contributed by atoms with Crippen LogP contribution in [0.3, 0.4) is 0 Å². The van der Waals surface area contributed by atoms with Gasteiger partial charge in [-0.1, -0.05) is 30.2 Å². The van der Waals surface area contributed by atoms with Gasteiger partial charge in [0.1, 0.15) is 6.10 Å². The van der Waals surface area contributed by atoms with Gasteiger partial charge in [0.25, 0.3) is 0 Å². The average Bonchev–Trinajstić information content (AvgIpc) is 2.87. The summed E-state index contributed by atoms with van der Waals surface area (Å²) in [5.74, 6) is 1.14. The second-order valence-electron chi connectivity index (χ2n) is 7.03. The topological polar surface area (TPSA) is 39.2 Å². The predicted molar refractivity (Wildman–Crippen MR) is 89.3 cm³/mol. The third-order valence-electron chi connectivity index (χ3n) is 5.72. The number of esters is 1. The van der Waals surface area contributed by atoms with E-state index in [4.69, 9.17) is 4.74 Å². The summed E-state index contributed by atoms with van der Waals surface area (Å²) in [6.07, 6.45) is 13.4. The third kappa shape index (κ3) is 2.62. The minimum absolute atomic E-state index is 0.00519. The molecule has 2 aliphatic carbocycles. The maximum absolute atomic E-state index is 12.2. The summed E-state index contributed by atoms with van der Waals surface area (Å²) in [6, 6.07) is 5.96. The van der Waals surface area contributed by atoms with E-state index in [1.54, 1.807) is 0 Å². The number of allylic oxidation sites excluding steroid dienone is 2. The van der Waals surface area contributed by atoms with Gasteiger partial charge in [-0.15, -0.1) is 0 Å². The molecule has 1 saturated heterocycles. The fraction of sp³-hybridized carbons (Fsp3) is 0.500. The van der Waals surface area contributed by atoms with E-state index in [0.717, 1.165) is 12.1 Å². The smallest absolute Gasteiger partial charge is 0.313 e. The highest BCUT2D eigenvalue weighted by atomic mass is 16.6. The Hall–Kier alpha value is -1.90. The fourth-order valence-corrected chi connectivity index (χ4v) is 4.68. The SMILES string of the molecule is C[C@H]1OC(=O)[C@@H]2C=C3CCCCC3C(/C=C/c3ccccn3)[C@H]12. The van der Waals surface area contributed by atoms with Crippen LogP contribution in [0, 0.1) is 23.7 Å². The van der Waals surface area contributed by atoms with E-state index >= 15 is 0 Å². The molecule has 5 atom stereocenters. The van der Waals surface area contributed by atoms with Crippen LogP contribution in [0.1, 0.15) is 38.3 Å². The number of pyridine rings is 1. The van der Waals surface area contributed by atoms with Gasteiger partial charge in [0.2, 0.25) is 0 Å². The van der Waals surface area contributed by atoms with Gasteiger partial charge in [-0.25, -0.2) is 0 Å². The highest BCUT2D eigenvalue weighted by Crippen LogP contribution is 2.50. The molecule has 0 radical (unpaired) electrons. The summed E-state index contributed by atoms with van der Waals surface area (Å²) in [4.78, 5) is 16.6. The summed E-state index contributed by atoms with van der Waals surface area (Å²) in [6.45, 7) is 2.05. The van der Waals surface area contributed by atoms with Gasteiger partial charge in [-0.2, -0.15) is 0 Å². The van der Waals surface area contributed by atoms with Gasteiger partial charge in [0.05, 0.1) is 11.6 Å². The first kappa shape index (κ1) is 14.7. The number of aromatic nitrogens is 1. The second-order valence-corrected chi connectivity index (χ2v) is 7.03. The molecule has 0 bridgehead atoms. The predicted octanol–water partition coefficient (Wildman–Crippen LogP) is 4.02. The van der Waals surface area contributed by atoms with Crippen molar-refractivity contribution in [1.29, 1.82) is 0 Å². The quantitative estimate of drug-likeness (QED) is 0.612. The maximum Gasteiger partial charge on any atom is 0.313 e. The molecule has 2 fully saturated rings. The van der Waals surface area contributed by atoms with Crippen molar-refractivity contribution in [3.8, 4) is 0 Å². The molecule has 3 nitrogen and oxygen atoms in total. The Labute approximate surface area is 137 Å². The fourth-order valence-electron chi connectivity index (χ4n) is 4.68. The minimum atomic E-state index is -0.0484. The first-order valence-electron chi connectivity index (χ1n) is 8.74. The molecule has 2 heterocycles. The van der Waals surface area contributed by atoms with Crippen LogP contribution in [0.4, 0.5) is 0 Å². The van der Waals surface area contributed by atoms with Crippen molar-refractivity contribution in [2.45, 2.75) is 38.7 Å².